The third kappa shape index (κ3) is 0.974. The molecular formula is C6H12N2S. The van der Waals surface area contributed by atoms with Gasteiger partial charge in [0.1, 0.15) is 0 Å². The van der Waals surface area contributed by atoms with Crippen molar-refractivity contribution in [1.82, 2.24) is 10.6 Å². The number of hydrogen-bond acceptors (Lipinski definition) is 3. The molecule has 2 fully saturated rings. The molecule has 1 spiro atoms. The van der Waals surface area contributed by atoms with Gasteiger partial charge in [0, 0.05) is 13.1 Å². The van der Waals surface area contributed by atoms with E-state index >= 15 is 0 Å². The molecule has 3 heteroatoms. The summed E-state index contributed by atoms with van der Waals surface area (Å²) >= 11 is 2.08. The maximum Gasteiger partial charge on any atom is 0.0896 e. The van der Waals surface area contributed by atoms with Gasteiger partial charge in [-0.1, -0.05) is 0 Å². The lowest BCUT2D eigenvalue weighted by molar-refractivity contribution is 0.320. The Morgan fingerprint density at radius 1 is 1.33 bits per heavy atom. The lowest BCUT2D eigenvalue weighted by atomic mass is 10.1. The molecule has 2 rings (SSSR count). The van der Waals surface area contributed by atoms with E-state index in [-0.39, 0.29) is 0 Å². The van der Waals surface area contributed by atoms with Crippen LogP contribution in [0.2, 0.25) is 0 Å². The van der Waals surface area contributed by atoms with Gasteiger partial charge >= 0.3 is 0 Å². The van der Waals surface area contributed by atoms with Crippen LogP contribution >= 0.6 is 11.8 Å². The van der Waals surface area contributed by atoms with E-state index < -0.39 is 0 Å². The van der Waals surface area contributed by atoms with Gasteiger partial charge in [0.05, 0.1) is 4.87 Å². The Bertz CT molecular complexity index is 104. The van der Waals surface area contributed by atoms with E-state index in [1.54, 1.807) is 0 Å². The van der Waals surface area contributed by atoms with Crippen molar-refractivity contribution in [1.29, 1.82) is 0 Å². The molecular weight excluding hydrogens is 132 g/mol. The molecule has 0 aromatic carbocycles. The zero-order valence-electron chi connectivity index (χ0n) is 5.44. The van der Waals surface area contributed by atoms with Crippen molar-refractivity contribution in [2.24, 2.45) is 0 Å². The van der Waals surface area contributed by atoms with Crippen molar-refractivity contribution >= 4 is 11.8 Å². The molecule has 0 unspecified atom stereocenters. The maximum atomic E-state index is 3.53. The summed E-state index contributed by atoms with van der Waals surface area (Å²) in [4.78, 5) is 0.457. The quantitative estimate of drug-likeness (QED) is 0.501. The van der Waals surface area contributed by atoms with Gasteiger partial charge in [0.2, 0.25) is 0 Å². The fourth-order valence-corrected chi connectivity index (χ4v) is 2.58. The van der Waals surface area contributed by atoms with Gasteiger partial charge in [-0.2, -0.15) is 0 Å². The first-order valence-electron chi connectivity index (χ1n) is 3.51. The van der Waals surface area contributed by atoms with E-state index in [2.05, 4.69) is 22.4 Å². The zero-order chi connectivity index (χ0) is 6.16. The summed E-state index contributed by atoms with van der Waals surface area (Å²) in [5.74, 6) is 1.34. The molecule has 52 valence electrons. The van der Waals surface area contributed by atoms with Crippen molar-refractivity contribution in [3.05, 3.63) is 0 Å². The summed E-state index contributed by atoms with van der Waals surface area (Å²) in [6.45, 7) is 3.55. The molecule has 0 bridgehead atoms. The molecule has 0 saturated carbocycles. The minimum atomic E-state index is 0.457. The van der Waals surface area contributed by atoms with Crippen molar-refractivity contribution < 1.29 is 0 Å². The first-order valence-corrected chi connectivity index (χ1v) is 4.50. The average molecular weight is 144 g/mol. The second-order valence-electron chi connectivity index (χ2n) is 2.73. The van der Waals surface area contributed by atoms with Crippen LogP contribution in [0.1, 0.15) is 6.42 Å². The molecule has 2 heterocycles. The van der Waals surface area contributed by atoms with Crippen LogP contribution < -0.4 is 10.6 Å². The first-order chi connectivity index (χ1) is 4.41. The van der Waals surface area contributed by atoms with Crippen LogP contribution in [-0.2, 0) is 0 Å². The predicted molar refractivity (Wildman–Crippen MR) is 40.7 cm³/mol. The van der Waals surface area contributed by atoms with E-state index in [0.717, 1.165) is 13.1 Å². The highest BCUT2D eigenvalue weighted by atomic mass is 32.2. The summed E-state index contributed by atoms with van der Waals surface area (Å²) in [7, 11) is 0. The van der Waals surface area contributed by atoms with Gasteiger partial charge in [-0.25, -0.2) is 0 Å². The summed E-state index contributed by atoms with van der Waals surface area (Å²) in [5, 5.41) is 6.82. The molecule has 2 saturated heterocycles. The number of hydrogen-bond donors (Lipinski definition) is 2. The molecule has 2 N–H and O–H groups in total. The number of rotatable bonds is 0. The van der Waals surface area contributed by atoms with Crippen molar-refractivity contribution in [3.63, 3.8) is 0 Å². The Labute approximate surface area is 59.8 Å². The highest BCUT2D eigenvalue weighted by molar-refractivity contribution is 8.00. The summed E-state index contributed by atoms with van der Waals surface area (Å²) in [5.41, 5.74) is 0. The lowest BCUT2D eigenvalue weighted by Crippen LogP contribution is -2.67. The van der Waals surface area contributed by atoms with Crippen LogP contribution in [0.15, 0.2) is 0 Å². The van der Waals surface area contributed by atoms with Gasteiger partial charge in [0.15, 0.2) is 0 Å². The molecule has 0 aliphatic carbocycles. The van der Waals surface area contributed by atoms with Crippen LogP contribution in [0, 0.1) is 0 Å². The van der Waals surface area contributed by atoms with Gasteiger partial charge in [-0.3, -0.25) is 0 Å². The van der Waals surface area contributed by atoms with Crippen LogP contribution in [0.3, 0.4) is 0 Å². The molecule has 9 heavy (non-hydrogen) atoms. The summed E-state index contributed by atoms with van der Waals surface area (Å²) < 4.78 is 0. The van der Waals surface area contributed by atoms with Gasteiger partial charge < -0.3 is 10.6 Å². The Kier molecular flexibility index (Phi) is 1.43. The molecule has 2 aliphatic heterocycles. The van der Waals surface area contributed by atoms with E-state index in [1.165, 1.54) is 18.7 Å². The fraction of sp³-hybridized carbons (Fsp3) is 1.00. The normalized spacial score (nSPS) is 32.0. The zero-order valence-corrected chi connectivity index (χ0v) is 6.26. The minimum absolute atomic E-state index is 0.457. The molecule has 2 aliphatic rings. The van der Waals surface area contributed by atoms with Crippen LogP contribution in [0.4, 0.5) is 0 Å². The van der Waals surface area contributed by atoms with Crippen LogP contribution in [0.5, 0.6) is 0 Å². The van der Waals surface area contributed by atoms with E-state index in [4.69, 9.17) is 0 Å². The van der Waals surface area contributed by atoms with Gasteiger partial charge in [-0.15, -0.1) is 11.8 Å². The van der Waals surface area contributed by atoms with E-state index in [0.29, 0.717) is 4.87 Å². The van der Waals surface area contributed by atoms with Gasteiger partial charge in [0.25, 0.3) is 0 Å². The van der Waals surface area contributed by atoms with Crippen molar-refractivity contribution in [2.75, 3.05) is 25.4 Å². The lowest BCUT2D eigenvalue weighted by Gasteiger charge is -2.45. The Morgan fingerprint density at radius 3 is 2.56 bits per heavy atom. The monoisotopic (exact) mass is 144 g/mol. The molecule has 0 amide bonds. The second kappa shape index (κ2) is 2.15. The maximum absolute atomic E-state index is 3.53. The smallest absolute Gasteiger partial charge is 0.0896 e. The molecule has 0 radical (unpaired) electrons. The molecule has 0 aromatic heterocycles. The van der Waals surface area contributed by atoms with Crippen LogP contribution in [0.25, 0.3) is 0 Å². The Morgan fingerprint density at radius 2 is 2.22 bits per heavy atom. The largest absolute Gasteiger partial charge is 0.311 e. The molecule has 0 atom stereocenters. The standard InChI is InChI=1S/C6H12N2S/c1-2-8-6(9-3-1)4-7-5-6/h7-8H,1-5H2. The first kappa shape index (κ1) is 6.01. The predicted octanol–water partition coefficient (Wildman–Crippen LogP) is 0.0124. The average Bonchev–Trinajstić information content (AvgIpc) is 1.87. The summed E-state index contributed by atoms with van der Waals surface area (Å²) in [6, 6.07) is 0. The van der Waals surface area contributed by atoms with E-state index in [1.807, 2.05) is 0 Å². The summed E-state index contributed by atoms with van der Waals surface area (Å²) in [6.07, 6.45) is 1.34. The molecule has 2 nitrogen and oxygen atoms in total. The SMILES string of the molecule is C1CNC2(CNC2)SC1. The van der Waals surface area contributed by atoms with Crippen LogP contribution in [-0.4, -0.2) is 30.3 Å². The van der Waals surface area contributed by atoms with Gasteiger partial charge in [-0.05, 0) is 18.7 Å². The number of thioether (sulfide) groups is 1. The highest BCUT2D eigenvalue weighted by Crippen LogP contribution is 2.29. The topological polar surface area (TPSA) is 24.1 Å². The van der Waals surface area contributed by atoms with E-state index in [9.17, 15) is 0 Å². The van der Waals surface area contributed by atoms with Crippen molar-refractivity contribution in [2.45, 2.75) is 11.3 Å². The van der Waals surface area contributed by atoms with Crippen molar-refractivity contribution in [3.8, 4) is 0 Å². The third-order valence-electron chi connectivity index (χ3n) is 1.97. The minimum Gasteiger partial charge on any atom is -0.311 e. The fourth-order valence-electron chi connectivity index (χ4n) is 1.29. The second-order valence-corrected chi connectivity index (χ2v) is 4.21. The Balaban J connectivity index is 1.93. The highest BCUT2D eigenvalue weighted by Gasteiger charge is 2.38. The molecule has 0 aromatic rings. The third-order valence-corrected chi connectivity index (χ3v) is 3.45. The number of nitrogens with one attached hydrogen (secondary N) is 2. The Hall–Kier alpha value is 0.270.